The molecule has 28 heavy (non-hydrogen) atoms. The second-order valence-corrected chi connectivity index (χ2v) is 6.85. The minimum Gasteiger partial charge on any atom is -0.497 e. The second-order valence-electron chi connectivity index (χ2n) is 6.85. The predicted octanol–water partition coefficient (Wildman–Crippen LogP) is 2.94. The van der Waals surface area contributed by atoms with Crippen molar-refractivity contribution in [2.45, 2.75) is 19.0 Å². The first-order chi connectivity index (χ1) is 13.5. The Labute approximate surface area is 163 Å². The Bertz CT molecular complexity index is 975. The summed E-state index contributed by atoms with van der Waals surface area (Å²) in [6.07, 6.45) is 0.731. The standard InChI is InChI=1S/C21H22FN5O/c1-28-16-8-2-13(3-9-16)12-27-11-10-17-18(25-21(24)26-20(17)23)19(27)14-4-6-15(22)7-5-14/h2-9,19H,10-12H2,1H3,(H4,23,24,25,26). The number of halogens is 1. The highest BCUT2D eigenvalue weighted by Gasteiger charge is 2.32. The van der Waals surface area contributed by atoms with Crippen LogP contribution in [-0.2, 0) is 13.0 Å². The molecule has 0 fully saturated rings. The van der Waals surface area contributed by atoms with E-state index < -0.39 is 0 Å². The average molecular weight is 379 g/mol. The molecule has 1 unspecified atom stereocenters. The smallest absolute Gasteiger partial charge is 0.222 e. The highest BCUT2D eigenvalue weighted by molar-refractivity contribution is 5.50. The summed E-state index contributed by atoms with van der Waals surface area (Å²) >= 11 is 0. The Morgan fingerprint density at radius 3 is 2.46 bits per heavy atom. The van der Waals surface area contributed by atoms with E-state index in [4.69, 9.17) is 16.2 Å². The molecule has 1 atom stereocenters. The molecular weight excluding hydrogens is 357 g/mol. The lowest BCUT2D eigenvalue weighted by Crippen LogP contribution is -2.37. The van der Waals surface area contributed by atoms with Crippen LogP contribution < -0.4 is 16.2 Å². The van der Waals surface area contributed by atoms with Gasteiger partial charge < -0.3 is 16.2 Å². The first-order valence-electron chi connectivity index (χ1n) is 9.09. The van der Waals surface area contributed by atoms with Gasteiger partial charge in [-0.2, -0.15) is 4.98 Å². The van der Waals surface area contributed by atoms with E-state index >= 15 is 0 Å². The maximum Gasteiger partial charge on any atom is 0.222 e. The van der Waals surface area contributed by atoms with Crippen LogP contribution >= 0.6 is 0 Å². The lowest BCUT2D eigenvalue weighted by atomic mass is 9.92. The normalized spacial score (nSPS) is 16.6. The number of aromatic nitrogens is 2. The van der Waals surface area contributed by atoms with Crippen LogP contribution in [-0.4, -0.2) is 28.5 Å². The molecule has 0 bridgehead atoms. The molecule has 1 aliphatic rings. The third-order valence-electron chi connectivity index (χ3n) is 5.09. The molecule has 2 heterocycles. The van der Waals surface area contributed by atoms with Gasteiger partial charge in [-0.15, -0.1) is 0 Å². The number of nitrogen functional groups attached to an aromatic ring is 2. The van der Waals surface area contributed by atoms with E-state index in [2.05, 4.69) is 14.9 Å². The van der Waals surface area contributed by atoms with Gasteiger partial charge in [0.25, 0.3) is 0 Å². The molecule has 0 aliphatic carbocycles. The molecule has 0 spiro atoms. The number of anilines is 2. The number of methoxy groups -OCH3 is 1. The van der Waals surface area contributed by atoms with Crippen molar-refractivity contribution in [3.63, 3.8) is 0 Å². The maximum atomic E-state index is 13.5. The van der Waals surface area contributed by atoms with E-state index in [1.807, 2.05) is 24.3 Å². The lowest BCUT2D eigenvalue weighted by Gasteiger charge is -2.37. The van der Waals surface area contributed by atoms with Gasteiger partial charge in [-0.05, 0) is 41.8 Å². The molecule has 2 aromatic carbocycles. The summed E-state index contributed by atoms with van der Waals surface area (Å²) in [5.74, 6) is 1.10. The van der Waals surface area contributed by atoms with Crippen molar-refractivity contribution < 1.29 is 9.13 Å². The van der Waals surface area contributed by atoms with E-state index in [1.54, 1.807) is 19.2 Å². The minimum atomic E-state index is -0.275. The van der Waals surface area contributed by atoms with Crippen LogP contribution in [0, 0.1) is 5.82 Å². The monoisotopic (exact) mass is 379 g/mol. The van der Waals surface area contributed by atoms with E-state index in [0.717, 1.165) is 41.1 Å². The summed E-state index contributed by atoms with van der Waals surface area (Å²) in [7, 11) is 1.65. The summed E-state index contributed by atoms with van der Waals surface area (Å²) in [5.41, 5.74) is 15.8. The van der Waals surface area contributed by atoms with E-state index in [1.165, 1.54) is 12.1 Å². The van der Waals surface area contributed by atoms with Gasteiger partial charge in [0.15, 0.2) is 0 Å². The van der Waals surface area contributed by atoms with Crippen LogP contribution in [0.2, 0.25) is 0 Å². The number of hydrogen-bond donors (Lipinski definition) is 2. The molecule has 4 rings (SSSR count). The van der Waals surface area contributed by atoms with E-state index in [0.29, 0.717) is 12.4 Å². The number of ether oxygens (including phenoxy) is 1. The summed E-state index contributed by atoms with van der Waals surface area (Å²) in [6.45, 7) is 1.48. The van der Waals surface area contributed by atoms with Crippen molar-refractivity contribution in [2.24, 2.45) is 0 Å². The number of rotatable bonds is 4. The van der Waals surface area contributed by atoms with Crippen molar-refractivity contribution >= 4 is 11.8 Å². The summed E-state index contributed by atoms with van der Waals surface area (Å²) in [5, 5.41) is 0. The topological polar surface area (TPSA) is 90.3 Å². The quantitative estimate of drug-likeness (QED) is 0.724. The summed E-state index contributed by atoms with van der Waals surface area (Å²) in [4.78, 5) is 10.9. The molecule has 6 nitrogen and oxygen atoms in total. The third kappa shape index (κ3) is 3.48. The number of nitrogens with two attached hydrogens (primary N) is 2. The largest absolute Gasteiger partial charge is 0.497 e. The fourth-order valence-corrected chi connectivity index (χ4v) is 3.73. The molecule has 7 heteroatoms. The van der Waals surface area contributed by atoms with Crippen LogP contribution in [0.3, 0.4) is 0 Å². The fraction of sp³-hybridized carbons (Fsp3) is 0.238. The van der Waals surface area contributed by atoms with Crippen molar-refractivity contribution in [1.82, 2.24) is 14.9 Å². The van der Waals surface area contributed by atoms with Gasteiger partial charge >= 0.3 is 0 Å². The van der Waals surface area contributed by atoms with Crippen LogP contribution in [0.4, 0.5) is 16.2 Å². The molecule has 0 amide bonds. The molecule has 0 radical (unpaired) electrons. The first kappa shape index (κ1) is 18.2. The maximum absolute atomic E-state index is 13.5. The number of nitrogens with zero attached hydrogens (tertiary/aromatic N) is 3. The number of fused-ring (bicyclic) bond motifs is 1. The number of benzene rings is 2. The fourth-order valence-electron chi connectivity index (χ4n) is 3.73. The molecular formula is C21H22FN5O. The molecule has 1 aliphatic heterocycles. The highest BCUT2D eigenvalue weighted by Crippen LogP contribution is 2.37. The van der Waals surface area contributed by atoms with Crippen LogP contribution in [0.25, 0.3) is 0 Å². The Morgan fingerprint density at radius 2 is 1.79 bits per heavy atom. The van der Waals surface area contributed by atoms with Gasteiger partial charge in [0.1, 0.15) is 17.4 Å². The first-order valence-corrected chi connectivity index (χ1v) is 9.09. The molecule has 0 saturated heterocycles. The zero-order valence-corrected chi connectivity index (χ0v) is 15.6. The Hall–Kier alpha value is -3.19. The summed E-state index contributed by atoms with van der Waals surface area (Å²) < 4.78 is 18.7. The molecule has 144 valence electrons. The molecule has 0 saturated carbocycles. The zero-order chi connectivity index (χ0) is 19.7. The number of hydrogen-bond acceptors (Lipinski definition) is 6. The Balaban J connectivity index is 1.75. The van der Waals surface area contributed by atoms with Crippen molar-refractivity contribution in [2.75, 3.05) is 25.1 Å². The van der Waals surface area contributed by atoms with Gasteiger partial charge in [0.05, 0.1) is 18.8 Å². The zero-order valence-electron chi connectivity index (χ0n) is 15.6. The minimum absolute atomic E-state index is 0.148. The van der Waals surface area contributed by atoms with Gasteiger partial charge in [-0.25, -0.2) is 9.37 Å². The Morgan fingerprint density at radius 1 is 1.07 bits per heavy atom. The molecule has 1 aromatic heterocycles. The average Bonchev–Trinajstić information content (AvgIpc) is 2.69. The van der Waals surface area contributed by atoms with Crippen LogP contribution in [0.15, 0.2) is 48.5 Å². The molecule has 4 N–H and O–H groups in total. The highest BCUT2D eigenvalue weighted by atomic mass is 19.1. The van der Waals surface area contributed by atoms with Gasteiger partial charge in [-0.3, -0.25) is 4.90 Å². The van der Waals surface area contributed by atoms with E-state index in [9.17, 15) is 4.39 Å². The van der Waals surface area contributed by atoms with Crippen LogP contribution in [0.1, 0.15) is 28.4 Å². The Kier molecular flexibility index (Phi) is 4.83. The second kappa shape index (κ2) is 7.44. The molecule has 3 aromatic rings. The van der Waals surface area contributed by atoms with Crippen LogP contribution in [0.5, 0.6) is 5.75 Å². The van der Waals surface area contributed by atoms with Gasteiger partial charge in [0, 0.05) is 18.7 Å². The van der Waals surface area contributed by atoms with Gasteiger partial charge in [0.2, 0.25) is 5.95 Å². The van der Waals surface area contributed by atoms with Gasteiger partial charge in [-0.1, -0.05) is 24.3 Å². The third-order valence-corrected chi connectivity index (χ3v) is 5.09. The van der Waals surface area contributed by atoms with Crippen molar-refractivity contribution in [3.05, 3.63) is 76.7 Å². The van der Waals surface area contributed by atoms with E-state index in [-0.39, 0.29) is 17.8 Å². The van der Waals surface area contributed by atoms with Crippen molar-refractivity contribution in [3.8, 4) is 5.75 Å². The predicted molar refractivity (Wildman–Crippen MR) is 106 cm³/mol. The summed E-state index contributed by atoms with van der Waals surface area (Å²) in [6, 6.07) is 14.3. The van der Waals surface area contributed by atoms with Crippen molar-refractivity contribution in [1.29, 1.82) is 0 Å². The SMILES string of the molecule is COc1ccc(CN2CCc3c(N)nc(N)nc3C2c2ccc(F)cc2)cc1. The lowest BCUT2D eigenvalue weighted by molar-refractivity contribution is 0.200.